The zero-order valence-electron chi connectivity index (χ0n) is 11.7. The second kappa shape index (κ2) is 6.48. The standard InChI is InChI=1S/C15H21F3N2/c1-12-3-2-8-20(9-12)10-13-4-6-14(7-5-13)19-11-15(16,17)18/h4-7,12,19H,2-3,8-11H2,1H3. The van der Waals surface area contributed by atoms with Crippen LogP contribution in [0.2, 0.25) is 0 Å². The topological polar surface area (TPSA) is 15.3 Å². The zero-order valence-corrected chi connectivity index (χ0v) is 11.7. The van der Waals surface area contributed by atoms with Crippen molar-refractivity contribution in [3.05, 3.63) is 29.8 Å². The number of piperidine rings is 1. The van der Waals surface area contributed by atoms with Crippen LogP contribution in [-0.4, -0.2) is 30.7 Å². The minimum absolute atomic E-state index is 0.512. The van der Waals surface area contributed by atoms with E-state index >= 15 is 0 Å². The molecule has 5 heteroatoms. The molecule has 1 saturated heterocycles. The summed E-state index contributed by atoms with van der Waals surface area (Å²) in [4.78, 5) is 2.41. The molecule has 0 saturated carbocycles. The smallest absolute Gasteiger partial charge is 0.376 e. The molecular formula is C15H21F3N2. The van der Waals surface area contributed by atoms with Crippen LogP contribution in [0.1, 0.15) is 25.3 Å². The van der Waals surface area contributed by atoms with Crippen LogP contribution in [0.5, 0.6) is 0 Å². The van der Waals surface area contributed by atoms with Crippen LogP contribution in [0.25, 0.3) is 0 Å². The van der Waals surface area contributed by atoms with Gasteiger partial charge in [-0.25, -0.2) is 0 Å². The number of rotatable bonds is 4. The van der Waals surface area contributed by atoms with Crippen molar-refractivity contribution < 1.29 is 13.2 Å². The number of halogens is 3. The summed E-state index contributed by atoms with van der Waals surface area (Å²) < 4.78 is 36.3. The Labute approximate surface area is 118 Å². The molecular weight excluding hydrogens is 265 g/mol. The number of likely N-dealkylation sites (tertiary alicyclic amines) is 1. The van der Waals surface area contributed by atoms with Gasteiger partial charge in [0.2, 0.25) is 0 Å². The molecule has 0 bridgehead atoms. The second-order valence-corrected chi connectivity index (χ2v) is 5.65. The van der Waals surface area contributed by atoms with Crippen molar-refractivity contribution in [1.29, 1.82) is 0 Å². The molecule has 1 aromatic rings. The van der Waals surface area contributed by atoms with Gasteiger partial charge in [-0.1, -0.05) is 19.1 Å². The molecule has 1 atom stereocenters. The Morgan fingerprint density at radius 1 is 1.25 bits per heavy atom. The van der Waals surface area contributed by atoms with Crippen molar-refractivity contribution in [1.82, 2.24) is 4.90 Å². The average molecular weight is 286 g/mol. The second-order valence-electron chi connectivity index (χ2n) is 5.65. The third-order valence-electron chi connectivity index (χ3n) is 3.59. The molecule has 112 valence electrons. The zero-order chi connectivity index (χ0) is 14.6. The quantitative estimate of drug-likeness (QED) is 0.903. The van der Waals surface area contributed by atoms with Crippen LogP contribution in [0.3, 0.4) is 0 Å². The van der Waals surface area contributed by atoms with Crippen molar-refractivity contribution >= 4 is 5.69 Å². The SMILES string of the molecule is CC1CCCN(Cc2ccc(NCC(F)(F)F)cc2)C1. The Kier molecular flexibility index (Phi) is 4.91. The van der Waals surface area contributed by atoms with Crippen LogP contribution in [0.15, 0.2) is 24.3 Å². The summed E-state index contributed by atoms with van der Waals surface area (Å²) >= 11 is 0. The van der Waals surface area contributed by atoms with E-state index in [1.807, 2.05) is 12.1 Å². The summed E-state index contributed by atoms with van der Waals surface area (Å²) in [5, 5.41) is 2.38. The normalized spacial score (nSPS) is 20.9. The maximum Gasteiger partial charge on any atom is 0.405 e. The van der Waals surface area contributed by atoms with Gasteiger partial charge in [-0.3, -0.25) is 4.90 Å². The number of nitrogens with zero attached hydrogens (tertiary/aromatic N) is 1. The van der Waals surface area contributed by atoms with Gasteiger partial charge in [-0.15, -0.1) is 0 Å². The number of alkyl halides is 3. The van der Waals surface area contributed by atoms with Gasteiger partial charge in [0.15, 0.2) is 0 Å². The maximum atomic E-state index is 12.1. The molecule has 20 heavy (non-hydrogen) atoms. The van der Waals surface area contributed by atoms with E-state index < -0.39 is 12.7 Å². The van der Waals surface area contributed by atoms with E-state index in [4.69, 9.17) is 0 Å². The van der Waals surface area contributed by atoms with E-state index in [0.29, 0.717) is 5.69 Å². The van der Waals surface area contributed by atoms with Crippen LogP contribution < -0.4 is 5.32 Å². The molecule has 1 heterocycles. The highest BCUT2D eigenvalue weighted by Gasteiger charge is 2.26. The lowest BCUT2D eigenvalue weighted by atomic mass is 10.00. The van der Waals surface area contributed by atoms with Crippen LogP contribution in [-0.2, 0) is 6.54 Å². The van der Waals surface area contributed by atoms with Gasteiger partial charge in [-0.05, 0) is 43.0 Å². The number of anilines is 1. The molecule has 0 aromatic heterocycles. The van der Waals surface area contributed by atoms with Crippen molar-refractivity contribution in [3.63, 3.8) is 0 Å². The first-order chi connectivity index (χ1) is 9.42. The largest absolute Gasteiger partial charge is 0.405 e. The fraction of sp³-hybridized carbons (Fsp3) is 0.600. The summed E-state index contributed by atoms with van der Waals surface area (Å²) in [7, 11) is 0. The van der Waals surface area contributed by atoms with Gasteiger partial charge in [0.1, 0.15) is 6.54 Å². The number of hydrogen-bond donors (Lipinski definition) is 1. The highest BCUT2D eigenvalue weighted by atomic mass is 19.4. The van der Waals surface area contributed by atoms with Gasteiger partial charge in [0.25, 0.3) is 0 Å². The lowest BCUT2D eigenvalue weighted by molar-refractivity contribution is -0.115. The van der Waals surface area contributed by atoms with Gasteiger partial charge in [0, 0.05) is 18.8 Å². The molecule has 0 radical (unpaired) electrons. The predicted octanol–water partition coefficient (Wildman–Crippen LogP) is 3.89. The minimum atomic E-state index is -4.18. The van der Waals surface area contributed by atoms with Crippen LogP contribution in [0, 0.1) is 5.92 Å². The Balaban J connectivity index is 1.85. The van der Waals surface area contributed by atoms with Crippen molar-refractivity contribution in [2.24, 2.45) is 5.92 Å². The third-order valence-corrected chi connectivity index (χ3v) is 3.59. The summed E-state index contributed by atoms with van der Waals surface area (Å²) in [5.41, 5.74) is 1.66. The fourth-order valence-corrected chi connectivity index (χ4v) is 2.62. The molecule has 1 aliphatic heterocycles. The van der Waals surface area contributed by atoms with Gasteiger partial charge in [0.05, 0.1) is 0 Å². The average Bonchev–Trinajstić information content (AvgIpc) is 2.37. The molecule has 0 amide bonds. The summed E-state index contributed by atoms with van der Waals surface area (Å²) in [6.07, 6.45) is -1.66. The van der Waals surface area contributed by atoms with E-state index in [9.17, 15) is 13.2 Å². The molecule has 0 aliphatic carbocycles. The molecule has 1 unspecified atom stereocenters. The Morgan fingerprint density at radius 2 is 1.95 bits per heavy atom. The number of nitrogens with one attached hydrogen (secondary N) is 1. The van der Waals surface area contributed by atoms with E-state index in [1.165, 1.54) is 12.8 Å². The number of hydrogen-bond acceptors (Lipinski definition) is 2. The van der Waals surface area contributed by atoms with E-state index in [-0.39, 0.29) is 0 Å². The molecule has 2 nitrogen and oxygen atoms in total. The lowest BCUT2D eigenvalue weighted by Crippen LogP contribution is -2.33. The van der Waals surface area contributed by atoms with Crippen molar-refractivity contribution in [3.8, 4) is 0 Å². The van der Waals surface area contributed by atoms with Gasteiger partial charge in [-0.2, -0.15) is 13.2 Å². The Morgan fingerprint density at radius 3 is 2.55 bits per heavy atom. The fourth-order valence-electron chi connectivity index (χ4n) is 2.62. The first kappa shape index (κ1) is 15.2. The molecule has 0 spiro atoms. The van der Waals surface area contributed by atoms with E-state index in [1.54, 1.807) is 12.1 Å². The summed E-state index contributed by atoms with van der Waals surface area (Å²) in [5.74, 6) is 0.733. The highest BCUT2D eigenvalue weighted by molar-refractivity contribution is 5.44. The third kappa shape index (κ3) is 5.04. The van der Waals surface area contributed by atoms with Crippen LogP contribution >= 0.6 is 0 Å². The lowest BCUT2D eigenvalue weighted by Gasteiger charge is -2.30. The molecule has 1 aromatic carbocycles. The van der Waals surface area contributed by atoms with E-state index in [2.05, 4.69) is 17.1 Å². The first-order valence-electron chi connectivity index (χ1n) is 7.04. The summed E-state index contributed by atoms with van der Waals surface area (Å²) in [6.45, 7) is 4.36. The number of benzene rings is 1. The van der Waals surface area contributed by atoms with E-state index in [0.717, 1.165) is 31.1 Å². The molecule has 1 fully saturated rings. The van der Waals surface area contributed by atoms with Crippen molar-refractivity contribution in [2.75, 3.05) is 25.0 Å². The van der Waals surface area contributed by atoms with Crippen LogP contribution in [0.4, 0.5) is 18.9 Å². The van der Waals surface area contributed by atoms with Crippen molar-refractivity contribution in [2.45, 2.75) is 32.5 Å². The highest BCUT2D eigenvalue weighted by Crippen LogP contribution is 2.20. The molecule has 2 rings (SSSR count). The van der Waals surface area contributed by atoms with Gasteiger partial charge < -0.3 is 5.32 Å². The predicted molar refractivity (Wildman–Crippen MR) is 74.7 cm³/mol. The summed E-state index contributed by atoms with van der Waals surface area (Å²) in [6, 6.07) is 7.23. The monoisotopic (exact) mass is 286 g/mol. The Hall–Kier alpha value is -1.23. The minimum Gasteiger partial charge on any atom is -0.376 e. The van der Waals surface area contributed by atoms with Gasteiger partial charge >= 0.3 is 6.18 Å². The molecule has 1 N–H and O–H groups in total. The molecule has 1 aliphatic rings. The first-order valence-corrected chi connectivity index (χ1v) is 7.04. The maximum absolute atomic E-state index is 12.1. The Bertz CT molecular complexity index is 414.